The van der Waals surface area contributed by atoms with Crippen LogP contribution in [0.2, 0.25) is 0 Å². The standard InChI is InChI=1S/C15H27ClO/c1-12(2)14(16)7-5-6-13-8-11-15(17-13)9-3-4-10-15/h12-14H,3-11H2,1-2H3. The van der Waals surface area contributed by atoms with E-state index in [1.807, 2.05) is 0 Å². The maximum Gasteiger partial charge on any atom is 0.0687 e. The monoisotopic (exact) mass is 258 g/mol. The highest BCUT2D eigenvalue weighted by Gasteiger charge is 2.41. The number of alkyl halides is 1. The van der Waals surface area contributed by atoms with Gasteiger partial charge in [-0.1, -0.05) is 26.7 Å². The molecule has 0 aromatic rings. The Morgan fingerprint density at radius 2 is 1.94 bits per heavy atom. The molecular weight excluding hydrogens is 232 g/mol. The van der Waals surface area contributed by atoms with Gasteiger partial charge in [-0.15, -0.1) is 11.6 Å². The lowest BCUT2D eigenvalue weighted by molar-refractivity contribution is -0.0395. The smallest absolute Gasteiger partial charge is 0.0687 e. The first-order valence-corrected chi connectivity index (χ1v) is 7.87. The largest absolute Gasteiger partial charge is 0.372 e. The Kier molecular flexibility index (Phi) is 4.77. The van der Waals surface area contributed by atoms with Crippen molar-refractivity contribution in [3.05, 3.63) is 0 Å². The molecule has 0 bridgehead atoms. The zero-order valence-electron chi connectivity index (χ0n) is 11.4. The second-order valence-corrected chi connectivity index (χ2v) is 6.92. The Morgan fingerprint density at radius 3 is 2.59 bits per heavy atom. The molecule has 2 aliphatic rings. The molecule has 1 aliphatic heterocycles. The molecule has 0 radical (unpaired) electrons. The minimum Gasteiger partial charge on any atom is -0.372 e. The molecule has 2 fully saturated rings. The molecule has 1 spiro atoms. The normalized spacial score (nSPS) is 29.3. The van der Waals surface area contributed by atoms with Crippen LogP contribution in [0.4, 0.5) is 0 Å². The van der Waals surface area contributed by atoms with Crippen LogP contribution in [0.15, 0.2) is 0 Å². The summed E-state index contributed by atoms with van der Waals surface area (Å²) in [5.41, 5.74) is 0.309. The summed E-state index contributed by atoms with van der Waals surface area (Å²) in [6, 6.07) is 0. The van der Waals surface area contributed by atoms with E-state index in [9.17, 15) is 0 Å². The Morgan fingerprint density at radius 1 is 1.24 bits per heavy atom. The highest BCUT2D eigenvalue weighted by Crippen LogP contribution is 2.44. The summed E-state index contributed by atoms with van der Waals surface area (Å²) in [5.74, 6) is 0.599. The van der Waals surface area contributed by atoms with E-state index in [1.165, 1.54) is 51.4 Å². The number of ether oxygens (including phenoxy) is 1. The summed E-state index contributed by atoms with van der Waals surface area (Å²) in [6.45, 7) is 4.41. The van der Waals surface area contributed by atoms with Crippen LogP contribution in [0.1, 0.15) is 71.6 Å². The van der Waals surface area contributed by atoms with Gasteiger partial charge in [0.25, 0.3) is 0 Å². The van der Waals surface area contributed by atoms with Crippen molar-refractivity contribution in [3.63, 3.8) is 0 Å². The maximum atomic E-state index is 6.31. The van der Waals surface area contributed by atoms with Crippen molar-refractivity contribution in [1.82, 2.24) is 0 Å². The second kappa shape index (κ2) is 5.93. The molecule has 1 aliphatic carbocycles. The summed E-state index contributed by atoms with van der Waals surface area (Å²) >= 11 is 6.28. The molecular formula is C15H27ClO. The molecule has 1 saturated carbocycles. The van der Waals surface area contributed by atoms with E-state index >= 15 is 0 Å². The van der Waals surface area contributed by atoms with Crippen LogP contribution in [0.25, 0.3) is 0 Å². The van der Waals surface area contributed by atoms with Gasteiger partial charge in [-0.3, -0.25) is 0 Å². The predicted octanol–water partition coefficient (Wildman–Crippen LogP) is 4.91. The molecule has 2 unspecified atom stereocenters. The topological polar surface area (TPSA) is 9.23 Å². The van der Waals surface area contributed by atoms with Crippen LogP contribution < -0.4 is 0 Å². The molecule has 17 heavy (non-hydrogen) atoms. The highest BCUT2D eigenvalue weighted by atomic mass is 35.5. The van der Waals surface area contributed by atoms with Gasteiger partial charge in [0.05, 0.1) is 11.7 Å². The predicted molar refractivity (Wildman–Crippen MR) is 73.6 cm³/mol. The SMILES string of the molecule is CC(C)C(Cl)CCCC1CCC2(CCCC2)O1. The fourth-order valence-electron chi connectivity index (χ4n) is 3.36. The Balaban J connectivity index is 1.65. The summed E-state index contributed by atoms with van der Waals surface area (Å²) in [7, 11) is 0. The van der Waals surface area contributed by atoms with Gasteiger partial charge in [0, 0.05) is 5.38 Å². The molecule has 1 nitrogen and oxygen atoms in total. The van der Waals surface area contributed by atoms with E-state index in [4.69, 9.17) is 16.3 Å². The van der Waals surface area contributed by atoms with Crippen molar-refractivity contribution >= 4 is 11.6 Å². The lowest BCUT2D eigenvalue weighted by atomic mass is 9.97. The number of halogens is 1. The molecule has 0 aromatic carbocycles. The van der Waals surface area contributed by atoms with E-state index < -0.39 is 0 Å². The lowest BCUT2D eigenvalue weighted by Gasteiger charge is -2.24. The molecule has 1 saturated heterocycles. The van der Waals surface area contributed by atoms with E-state index in [0.717, 1.165) is 6.42 Å². The molecule has 2 atom stereocenters. The zero-order valence-corrected chi connectivity index (χ0v) is 12.1. The summed E-state index contributed by atoms with van der Waals surface area (Å²) in [6.07, 6.45) is 12.1. The van der Waals surface area contributed by atoms with Gasteiger partial charge in [0.2, 0.25) is 0 Å². The van der Waals surface area contributed by atoms with Crippen molar-refractivity contribution in [2.24, 2.45) is 5.92 Å². The van der Waals surface area contributed by atoms with Crippen LogP contribution >= 0.6 is 11.6 Å². The zero-order chi connectivity index (χ0) is 12.3. The van der Waals surface area contributed by atoms with E-state index in [1.54, 1.807) is 0 Å². The van der Waals surface area contributed by atoms with Gasteiger partial charge in [0.15, 0.2) is 0 Å². The van der Waals surface area contributed by atoms with Crippen molar-refractivity contribution in [2.75, 3.05) is 0 Å². The quantitative estimate of drug-likeness (QED) is 0.637. The van der Waals surface area contributed by atoms with Crippen molar-refractivity contribution in [1.29, 1.82) is 0 Å². The molecule has 0 amide bonds. The first-order valence-electron chi connectivity index (χ1n) is 7.43. The van der Waals surface area contributed by atoms with Gasteiger partial charge in [-0.2, -0.15) is 0 Å². The van der Waals surface area contributed by atoms with Crippen molar-refractivity contribution in [2.45, 2.75) is 88.7 Å². The van der Waals surface area contributed by atoms with Crippen LogP contribution in [0.3, 0.4) is 0 Å². The molecule has 1 heterocycles. The van der Waals surface area contributed by atoms with Crippen LogP contribution in [0, 0.1) is 5.92 Å². The van der Waals surface area contributed by atoms with E-state index in [2.05, 4.69) is 13.8 Å². The Hall–Kier alpha value is 0.250. The van der Waals surface area contributed by atoms with E-state index in [-0.39, 0.29) is 0 Å². The second-order valence-electron chi connectivity index (χ2n) is 6.36. The average molecular weight is 259 g/mol. The summed E-state index contributed by atoms with van der Waals surface area (Å²) < 4.78 is 6.31. The lowest BCUT2D eigenvalue weighted by Crippen LogP contribution is -2.24. The van der Waals surface area contributed by atoms with Crippen molar-refractivity contribution in [3.8, 4) is 0 Å². The van der Waals surface area contributed by atoms with Gasteiger partial charge >= 0.3 is 0 Å². The van der Waals surface area contributed by atoms with Crippen LogP contribution in [-0.2, 0) is 4.74 Å². The van der Waals surface area contributed by atoms with Gasteiger partial charge < -0.3 is 4.74 Å². The third-order valence-corrected chi connectivity index (χ3v) is 5.30. The first kappa shape index (κ1) is 13.7. The van der Waals surface area contributed by atoms with Crippen molar-refractivity contribution < 1.29 is 4.74 Å². The minimum absolute atomic E-state index is 0.309. The number of hydrogen-bond donors (Lipinski definition) is 0. The molecule has 0 aromatic heterocycles. The van der Waals surface area contributed by atoms with Gasteiger partial charge in [-0.25, -0.2) is 0 Å². The number of rotatable bonds is 5. The fourth-order valence-corrected chi connectivity index (χ4v) is 3.51. The molecule has 2 rings (SSSR count). The third-order valence-electron chi connectivity index (χ3n) is 4.58. The average Bonchev–Trinajstić information content (AvgIpc) is 2.90. The fraction of sp³-hybridized carbons (Fsp3) is 1.00. The van der Waals surface area contributed by atoms with Gasteiger partial charge in [-0.05, 0) is 50.9 Å². The van der Waals surface area contributed by atoms with Gasteiger partial charge in [0.1, 0.15) is 0 Å². The minimum atomic E-state index is 0.309. The third kappa shape index (κ3) is 3.61. The Bertz CT molecular complexity index is 233. The van der Waals surface area contributed by atoms with Crippen LogP contribution in [0.5, 0.6) is 0 Å². The highest BCUT2D eigenvalue weighted by molar-refractivity contribution is 6.20. The van der Waals surface area contributed by atoms with Crippen LogP contribution in [-0.4, -0.2) is 17.1 Å². The summed E-state index contributed by atoms with van der Waals surface area (Å²) in [5, 5.41) is 0.344. The van der Waals surface area contributed by atoms with E-state index in [0.29, 0.717) is 23.0 Å². The summed E-state index contributed by atoms with van der Waals surface area (Å²) in [4.78, 5) is 0. The molecule has 100 valence electrons. The maximum absolute atomic E-state index is 6.31. The molecule has 2 heteroatoms. The molecule has 0 N–H and O–H groups in total. The number of hydrogen-bond acceptors (Lipinski definition) is 1. The Labute approximate surface area is 111 Å². The first-order chi connectivity index (χ1) is 8.11.